The Morgan fingerprint density at radius 2 is 1.65 bits per heavy atom. The number of nitrogens with zero attached hydrogens (tertiary/aromatic N) is 1. The Morgan fingerprint density at radius 3 is 2.32 bits per heavy atom. The van der Waals surface area contributed by atoms with Crippen LogP contribution in [0.3, 0.4) is 0 Å². The molecule has 0 aliphatic carbocycles. The van der Waals surface area contributed by atoms with Crippen LogP contribution in [0.2, 0.25) is 5.02 Å². The van der Waals surface area contributed by atoms with Crippen molar-refractivity contribution < 1.29 is 23.9 Å². The second kappa shape index (κ2) is 11.2. The topological polar surface area (TPSA) is 84.9 Å². The third kappa shape index (κ3) is 5.87. The summed E-state index contributed by atoms with van der Waals surface area (Å²) in [5.41, 5.74) is 3.28. The van der Waals surface area contributed by atoms with E-state index in [1.807, 2.05) is 45.0 Å². The molecule has 9 heteroatoms. The normalized spacial score (nSPS) is 14.7. The standard InChI is InChI=1S/C28H24BrClN2O5/c1-4-36-24-13-19(22(29)14-25(24)37-15-18-7-5-6-8-23(18)30)12-21-26(33)31-28(35)32(27(21)34)20-10-16(2)9-17(3)11-20/h5-14H,4,15H2,1-3H3,(H,31,33,35)/b21-12+. The summed E-state index contributed by atoms with van der Waals surface area (Å²) in [7, 11) is 0. The van der Waals surface area contributed by atoms with Crippen LogP contribution in [0.25, 0.3) is 6.08 Å². The summed E-state index contributed by atoms with van der Waals surface area (Å²) >= 11 is 9.74. The lowest BCUT2D eigenvalue weighted by Gasteiger charge is -2.27. The van der Waals surface area contributed by atoms with Crippen LogP contribution >= 0.6 is 27.5 Å². The molecule has 37 heavy (non-hydrogen) atoms. The summed E-state index contributed by atoms with van der Waals surface area (Å²) in [4.78, 5) is 39.6. The molecule has 190 valence electrons. The fourth-order valence-corrected chi connectivity index (χ4v) is 4.57. The number of aryl methyl sites for hydroxylation is 2. The molecule has 0 saturated carbocycles. The fraction of sp³-hybridized carbons (Fsp3) is 0.179. The first-order valence-electron chi connectivity index (χ1n) is 11.5. The molecule has 1 aliphatic rings. The van der Waals surface area contributed by atoms with Crippen molar-refractivity contribution in [2.45, 2.75) is 27.4 Å². The van der Waals surface area contributed by atoms with Crippen molar-refractivity contribution in [3.8, 4) is 11.5 Å². The maximum atomic E-state index is 13.3. The van der Waals surface area contributed by atoms with Crippen LogP contribution in [-0.2, 0) is 16.2 Å². The van der Waals surface area contributed by atoms with E-state index in [4.69, 9.17) is 21.1 Å². The minimum absolute atomic E-state index is 0.188. The van der Waals surface area contributed by atoms with E-state index in [0.717, 1.165) is 21.6 Å². The van der Waals surface area contributed by atoms with Crippen molar-refractivity contribution in [2.75, 3.05) is 11.5 Å². The molecule has 7 nitrogen and oxygen atoms in total. The van der Waals surface area contributed by atoms with Gasteiger partial charge in [-0.2, -0.15) is 0 Å². The van der Waals surface area contributed by atoms with E-state index in [9.17, 15) is 14.4 Å². The van der Waals surface area contributed by atoms with E-state index >= 15 is 0 Å². The average Bonchev–Trinajstić information content (AvgIpc) is 2.82. The molecule has 0 spiro atoms. The van der Waals surface area contributed by atoms with Crippen LogP contribution in [0, 0.1) is 13.8 Å². The van der Waals surface area contributed by atoms with Crippen LogP contribution in [-0.4, -0.2) is 24.5 Å². The molecule has 4 rings (SSSR count). The van der Waals surface area contributed by atoms with Gasteiger partial charge in [0.2, 0.25) is 0 Å². The summed E-state index contributed by atoms with van der Waals surface area (Å²) < 4.78 is 12.3. The lowest BCUT2D eigenvalue weighted by molar-refractivity contribution is -0.122. The number of rotatable bonds is 7. The van der Waals surface area contributed by atoms with E-state index in [1.54, 1.807) is 30.3 Å². The molecule has 4 amide bonds. The minimum Gasteiger partial charge on any atom is -0.490 e. The van der Waals surface area contributed by atoms with Crippen LogP contribution in [0.5, 0.6) is 11.5 Å². The predicted octanol–water partition coefficient (Wildman–Crippen LogP) is 6.36. The van der Waals surface area contributed by atoms with Gasteiger partial charge in [-0.15, -0.1) is 0 Å². The van der Waals surface area contributed by atoms with Gasteiger partial charge in [0.1, 0.15) is 12.2 Å². The molecule has 1 fully saturated rings. The molecule has 1 aliphatic heterocycles. The smallest absolute Gasteiger partial charge is 0.335 e. The molecule has 3 aromatic rings. The number of hydrogen-bond acceptors (Lipinski definition) is 5. The number of urea groups is 1. The van der Waals surface area contributed by atoms with Gasteiger partial charge >= 0.3 is 6.03 Å². The number of anilines is 1. The van der Waals surface area contributed by atoms with E-state index in [0.29, 0.717) is 38.9 Å². The molecule has 3 aromatic carbocycles. The van der Waals surface area contributed by atoms with Gasteiger partial charge in [-0.25, -0.2) is 9.69 Å². The van der Waals surface area contributed by atoms with Gasteiger partial charge in [-0.3, -0.25) is 14.9 Å². The number of halogens is 2. The zero-order valence-electron chi connectivity index (χ0n) is 20.4. The van der Waals surface area contributed by atoms with Gasteiger partial charge in [0, 0.05) is 15.1 Å². The van der Waals surface area contributed by atoms with Crippen molar-refractivity contribution in [2.24, 2.45) is 0 Å². The maximum Gasteiger partial charge on any atom is 0.335 e. The highest BCUT2D eigenvalue weighted by Crippen LogP contribution is 2.36. The number of amides is 4. The molecule has 0 unspecified atom stereocenters. The van der Waals surface area contributed by atoms with Crippen molar-refractivity contribution >= 4 is 57.1 Å². The molecule has 1 heterocycles. The second-order valence-corrected chi connectivity index (χ2v) is 9.70. The van der Waals surface area contributed by atoms with Crippen LogP contribution in [0.4, 0.5) is 10.5 Å². The Labute approximate surface area is 228 Å². The van der Waals surface area contributed by atoms with Crippen LogP contribution in [0.1, 0.15) is 29.2 Å². The van der Waals surface area contributed by atoms with E-state index in [1.165, 1.54) is 6.08 Å². The molecular formula is C28H24BrClN2O5. The second-order valence-electron chi connectivity index (χ2n) is 8.44. The van der Waals surface area contributed by atoms with Crippen LogP contribution in [0.15, 0.2) is 64.6 Å². The molecule has 1 saturated heterocycles. The minimum atomic E-state index is -0.797. The number of carbonyl (C=O) groups excluding carboxylic acids is 3. The maximum absolute atomic E-state index is 13.3. The lowest BCUT2D eigenvalue weighted by atomic mass is 10.0. The van der Waals surface area contributed by atoms with Gasteiger partial charge in [-0.1, -0.05) is 51.8 Å². The van der Waals surface area contributed by atoms with Gasteiger partial charge in [-0.05, 0) is 73.9 Å². The number of hydrogen-bond donors (Lipinski definition) is 1. The summed E-state index contributed by atoms with van der Waals surface area (Å²) in [5, 5.41) is 2.85. The Kier molecular flexibility index (Phi) is 8.00. The molecule has 0 aromatic heterocycles. The highest BCUT2D eigenvalue weighted by Gasteiger charge is 2.37. The first kappa shape index (κ1) is 26.4. The van der Waals surface area contributed by atoms with Gasteiger partial charge in [0.25, 0.3) is 11.8 Å². The number of nitrogens with one attached hydrogen (secondary N) is 1. The first-order valence-corrected chi connectivity index (χ1v) is 12.7. The van der Waals surface area contributed by atoms with Gasteiger partial charge in [0.05, 0.1) is 12.3 Å². The highest BCUT2D eigenvalue weighted by molar-refractivity contribution is 9.10. The quantitative estimate of drug-likeness (QED) is 0.258. The average molecular weight is 584 g/mol. The van der Waals surface area contributed by atoms with Crippen LogP contribution < -0.4 is 19.7 Å². The summed E-state index contributed by atoms with van der Waals surface area (Å²) in [6.45, 7) is 6.16. The number of ether oxygens (including phenoxy) is 2. The Hall–Kier alpha value is -3.62. The zero-order chi connectivity index (χ0) is 26.7. The van der Waals surface area contributed by atoms with Gasteiger partial charge < -0.3 is 9.47 Å². The van der Waals surface area contributed by atoms with Gasteiger partial charge in [0.15, 0.2) is 11.5 Å². The number of carbonyl (C=O) groups is 3. The van der Waals surface area contributed by atoms with E-state index in [2.05, 4.69) is 21.2 Å². The summed E-state index contributed by atoms with van der Waals surface area (Å²) in [6.07, 6.45) is 1.42. The summed E-state index contributed by atoms with van der Waals surface area (Å²) in [5.74, 6) is -0.611. The predicted molar refractivity (Wildman–Crippen MR) is 146 cm³/mol. The Balaban J connectivity index is 1.68. The molecular weight excluding hydrogens is 560 g/mol. The van der Waals surface area contributed by atoms with Crippen molar-refractivity contribution in [3.63, 3.8) is 0 Å². The first-order chi connectivity index (χ1) is 17.7. The molecule has 0 bridgehead atoms. The SMILES string of the molecule is CCOc1cc(/C=C2\C(=O)NC(=O)N(c3cc(C)cc(C)c3)C2=O)c(Br)cc1OCc1ccccc1Cl. The molecule has 0 radical (unpaired) electrons. The number of imide groups is 2. The monoisotopic (exact) mass is 582 g/mol. The largest absolute Gasteiger partial charge is 0.490 e. The van der Waals surface area contributed by atoms with Crippen molar-refractivity contribution in [3.05, 3.63) is 91.9 Å². The Morgan fingerprint density at radius 1 is 0.973 bits per heavy atom. The molecule has 0 atom stereocenters. The third-order valence-electron chi connectivity index (χ3n) is 5.57. The zero-order valence-corrected chi connectivity index (χ0v) is 22.8. The lowest BCUT2D eigenvalue weighted by Crippen LogP contribution is -2.54. The number of barbiturate groups is 1. The number of benzene rings is 3. The van der Waals surface area contributed by atoms with E-state index < -0.39 is 17.8 Å². The highest BCUT2D eigenvalue weighted by atomic mass is 79.9. The summed E-state index contributed by atoms with van der Waals surface area (Å²) in [6, 6.07) is 15.3. The van der Waals surface area contributed by atoms with Crippen molar-refractivity contribution in [1.82, 2.24) is 5.32 Å². The Bertz CT molecular complexity index is 1420. The third-order valence-corrected chi connectivity index (χ3v) is 6.63. The molecule has 1 N–H and O–H groups in total. The fourth-order valence-electron chi connectivity index (χ4n) is 3.94. The van der Waals surface area contributed by atoms with Crippen molar-refractivity contribution in [1.29, 1.82) is 0 Å². The van der Waals surface area contributed by atoms with E-state index in [-0.39, 0.29) is 12.2 Å².